The third kappa shape index (κ3) is 6.45. The molecule has 0 aromatic heterocycles. The predicted molar refractivity (Wildman–Crippen MR) is 113 cm³/mol. The molecule has 2 rings (SSSR count). The normalized spacial score (nSPS) is 12.4. The molecular weight excluding hydrogens is 404 g/mol. The first-order chi connectivity index (χ1) is 12.7. The maximum absolute atomic E-state index is 12.5. The molecule has 0 radical (unpaired) electrons. The van der Waals surface area contributed by atoms with Gasteiger partial charge in [0.05, 0.1) is 11.9 Å². The average molecular weight is 427 g/mol. The van der Waals surface area contributed by atoms with Crippen molar-refractivity contribution in [3.8, 4) is 0 Å². The maximum Gasteiger partial charge on any atom is 0.243 e. The number of benzene rings is 2. The van der Waals surface area contributed by atoms with Crippen molar-refractivity contribution in [2.24, 2.45) is 0 Å². The van der Waals surface area contributed by atoms with Gasteiger partial charge in [-0.25, -0.2) is 8.42 Å². The summed E-state index contributed by atoms with van der Waals surface area (Å²) in [5.74, 6) is 0.335. The van der Waals surface area contributed by atoms with Crippen LogP contribution in [0.4, 0.5) is 5.69 Å². The number of rotatable bonds is 8. The van der Waals surface area contributed by atoms with E-state index in [1.54, 1.807) is 36.9 Å². The Bertz CT molecular complexity index is 886. The summed E-state index contributed by atoms with van der Waals surface area (Å²) in [4.78, 5) is 13.6. The zero-order chi connectivity index (χ0) is 20.0. The molecule has 146 valence electrons. The maximum atomic E-state index is 12.5. The molecule has 2 aromatic rings. The van der Waals surface area contributed by atoms with Crippen LogP contribution in [0.25, 0.3) is 0 Å². The van der Waals surface area contributed by atoms with Crippen molar-refractivity contribution >= 4 is 45.0 Å². The number of carbonyl (C=O) groups is 1. The highest BCUT2D eigenvalue weighted by Crippen LogP contribution is 2.24. The summed E-state index contributed by atoms with van der Waals surface area (Å²) >= 11 is 7.60. The largest absolute Gasteiger partial charge is 0.353 e. The van der Waals surface area contributed by atoms with Gasteiger partial charge in [0, 0.05) is 22.2 Å². The van der Waals surface area contributed by atoms with Gasteiger partial charge in [0.25, 0.3) is 0 Å². The molecule has 2 aromatic carbocycles. The minimum atomic E-state index is -3.65. The van der Waals surface area contributed by atoms with E-state index in [4.69, 9.17) is 11.6 Å². The highest BCUT2D eigenvalue weighted by Gasteiger charge is 2.29. The minimum absolute atomic E-state index is 0.357. The Kier molecular flexibility index (Phi) is 7.59. The van der Waals surface area contributed by atoms with E-state index in [9.17, 15) is 13.2 Å². The Hall–Kier alpha value is -1.70. The van der Waals surface area contributed by atoms with Gasteiger partial charge in [-0.2, -0.15) is 0 Å². The molecule has 0 fully saturated rings. The lowest BCUT2D eigenvalue weighted by Gasteiger charge is -2.28. The Morgan fingerprint density at radius 1 is 1.22 bits per heavy atom. The quantitative estimate of drug-likeness (QED) is 0.516. The van der Waals surface area contributed by atoms with Crippen LogP contribution in [0.2, 0.25) is 5.02 Å². The third-order valence-electron chi connectivity index (χ3n) is 3.84. The molecule has 5 nitrogen and oxygen atoms in total. The SMILES string of the molecule is Cc1ccc(SCCNC(=O)C(C)N(c2cccc(Cl)c2)S(C)(=O)=O)cc1. The van der Waals surface area contributed by atoms with Gasteiger partial charge in [0.15, 0.2) is 0 Å². The summed E-state index contributed by atoms with van der Waals surface area (Å²) < 4.78 is 25.5. The number of sulfonamides is 1. The lowest BCUT2D eigenvalue weighted by molar-refractivity contribution is -0.121. The third-order valence-corrected chi connectivity index (χ3v) is 6.33. The van der Waals surface area contributed by atoms with E-state index in [0.717, 1.165) is 15.5 Å². The molecule has 27 heavy (non-hydrogen) atoms. The number of hydrogen-bond donors (Lipinski definition) is 1. The summed E-state index contributed by atoms with van der Waals surface area (Å²) in [6.45, 7) is 4.03. The zero-order valence-corrected chi connectivity index (χ0v) is 17.9. The second-order valence-corrected chi connectivity index (χ2v) is 9.63. The summed E-state index contributed by atoms with van der Waals surface area (Å²) in [5.41, 5.74) is 1.56. The van der Waals surface area contributed by atoms with Crippen molar-refractivity contribution in [1.82, 2.24) is 5.32 Å². The molecule has 1 unspecified atom stereocenters. The molecule has 0 aliphatic carbocycles. The summed E-state index contributed by atoms with van der Waals surface area (Å²) in [6, 6.07) is 13.7. The molecule has 8 heteroatoms. The van der Waals surface area contributed by atoms with Crippen LogP contribution in [0.1, 0.15) is 12.5 Å². The van der Waals surface area contributed by atoms with E-state index in [1.807, 2.05) is 31.2 Å². The van der Waals surface area contributed by atoms with Gasteiger partial charge in [0.1, 0.15) is 6.04 Å². The highest BCUT2D eigenvalue weighted by molar-refractivity contribution is 7.99. The van der Waals surface area contributed by atoms with Gasteiger partial charge in [-0.15, -0.1) is 11.8 Å². The number of carbonyl (C=O) groups excluding carboxylic acids is 1. The fourth-order valence-electron chi connectivity index (χ4n) is 2.55. The zero-order valence-electron chi connectivity index (χ0n) is 15.5. The van der Waals surface area contributed by atoms with Crippen molar-refractivity contribution in [3.05, 3.63) is 59.1 Å². The number of aryl methyl sites for hydroxylation is 1. The van der Waals surface area contributed by atoms with E-state index in [-0.39, 0.29) is 5.91 Å². The van der Waals surface area contributed by atoms with Crippen LogP contribution in [0.3, 0.4) is 0 Å². The summed E-state index contributed by atoms with van der Waals surface area (Å²) in [5, 5.41) is 3.21. The fraction of sp³-hybridized carbons (Fsp3) is 0.316. The van der Waals surface area contributed by atoms with Gasteiger partial charge in [-0.1, -0.05) is 35.4 Å². The molecule has 0 bridgehead atoms. The molecule has 1 atom stereocenters. The van der Waals surface area contributed by atoms with Crippen molar-refractivity contribution in [1.29, 1.82) is 0 Å². The predicted octanol–water partition coefficient (Wildman–Crippen LogP) is 3.71. The Labute approximate surface area is 170 Å². The lowest BCUT2D eigenvalue weighted by Crippen LogP contribution is -2.48. The second-order valence-electron chi connectivity index (χ2n) is 6.17. The number of nitrogens with zero attached hydrogens (tertiary/aromatic N) is 1. The average Bonchev–Trinajstić information content (AvgIpc) is 2.59. The van der Waals surface area contributed by atoms with Crippen LogP contribution >= 0.6 is 23.4 Å². The number of hydrogen-bond acceptors (Lipinski definition) is 4. The number of halogens is 1. The topological polar surface area (TPSA) is 66.5 Å². The molecule has 0 aliphatic heterocycles. The van der Waals surface area contributed by atoms with Crippen molar-refractivity contribution < 1.29 is 13.2 Å². The molecule has 0 saturated carbocycles. The van der Waals surface area contributed by atoms with Gasteiger partial charge in [-0.3, -0.25) is 9.10 Å². The molecule has 0 saturated heterocycles. The van der Waals surface area contributed by atoms with Crippen molar-refractivity contribution in [3.63, 3.8) is 0 Å². The monoisotopic (exact) mass is 426 g/mol. The number of thioether (sulfide) groups is 1. The first kappa shape index (κ1) is 21.6. The summed E-state index contributed by atoms with van der Waals surface area (Å²) in [7, 11) is -3.65. The Balaban J connectivity index is 1.97. The number of amides is 1. The Morgan fingerprint density at radius 3 is 2.48 bits per heavy atom. The van der Waals surface area contributed by atoms with E-state index in [0.29, 0.717) is 23.0 Å². The van der Waals surface area contributed by atoms with Crippen LogP contribution in [-0.2, 0) is 14.8 Å². The minimum Gasteiger partial charge on any atom is -0.353 e. The van der Waals surface area contributed by atoms with Gasteiger partial charge >= 0.3 is 0 Å². The van der Waals surface area contributed by atoms with Gasteiger partial charge in [0.2, 0.25) is 15.9 Å². The van der Waals surface area contributed by atoms with E-state index < -0.39 is 16.1 Å². The summed E-state index contributed by atoms with van der Waals surface area (Å²) in [6.07, 6.45) is 1.07. The van der Waals surface area contributed by atoms with Crippen LogP contribution in [0, 0.1) is 6.92 Å². The molecule has 0 heterocycles. The van der Waals surface area contributed by atoms with E-state index in [2.05, 4.69) is 5.32 Å². The standard InChI is InChI=1S/C19H23ClN2O3S2/c1-14-7-9-18(10-8-14)26-12-11-21-19(23)15(2)22(27(3,24)25)17-6-4-5-16(20)13-17/h4-10,13,15H,11-12H2,1-3H3,(H,21,23). The first-order valence-corrected chi connectivity index (χ1v) is 11.6. The van der Waals surface area contributed by atoms with Gasteiger partial charge < -0.3 is 5.32 Å². The number of anilines is 1. The van der Waals surface area contributed by atoms with E-state index >= 15 is 0 Å². The first-order valence-electron chi connectivity index (χ1n) is 8.40. The van der Waals surface area contributed by atoms with Crippen LogP contribution in [0.5, 0.6) is 0 Å². The highest BCUT2D eigenvalue weighted by atomic mass is 35.5. The lowest BCUT2D eigenvalue weighted by atomic mass is 10.2. The molecular formula is C19H23ClN2O3S2. The van der Waals surface area contributed by atoms with Crippen molar-refractivity contribution in [2.45, 2.75) is 24.8 Å². The van der Waals surface area contributed by atoms with Crippen molar-refractivity contribution in [2.75, 3.05) is 22.9 Å². The van der Waals surface area contributed by atoms with Crippen LogP contribution in [0.15, 0.2) is 53.4 Å². The second kappa shape index (κ2) is 9.48. The molecule has 0 spiro atoms. The number of nitrogens with one attached hydrogen (secondary N) is 1. The van der Waals surface area contributed by atoms with E-state index in [1.165, 1.54) is 11.6 Å². The van der Waals surface area contributed by atoms with Gasteiger partial charge in [-0.05, 0) is 44.2 Å². The van der Waals surface area contributed by atoms with Crippen LogP contribution < -0.4 is 9.62 Å². The molecule has 1 amide bonds. The smallest absolute Gasteiger partial charge is 0.243 e. The molecule has 0 aliphatic rings. The molecule has 1 N–H and O–H groups in total. The van der Waals surface area contributed by atoms with Crippen LogP contribution in [-0.4, -0.2) is 38.9 Å². The fourth-order valence-corrected chi connectivity index (χ4v) is 4.67. The Morgan fingerprint density at radius 2 is 1.89 bits per heavy atom.